The first kappa shape index (κ1) is 15.1. The van der Waals surface area contributed by atoms with E-state index < -0.39 is 8.07 Å². The maximum Gasteiger partial charge on any atom is 0.147 e. The first-order valence-electron chi connectivity index (χ1n) is 5.52. The van der Waals surface area contributed by atoms with Gasteiger partial charge in [-0.15, -0.1) is 5.54 Å². The van der Waals surface area contributed by atoms with Gasteiger partial charge in [-0.25, -0.2) is 0 Å². The van der Waals surface area contributed by atoms with Crippen molar-refractivity contribution in [1.29, 1.82) is 0 Å². The third kappa shape index (κ3) is 3.54. The molecule has 0 N–H and O–H groups in total. The molecule has 0 nitrogen and oxygen atoms in total. The molecule has 0 fully saturated rings. The van der Waals surface area contributed by atoms with Gasteiger partial charge in [0.15, 0.2) is 0 Å². The maximum atomic E-state index is 3.54. The van der Waals surface area contributed by atoms with E-state index in [1.807, 2.05) is 22.6 Å². The second kappa shape index (κ2) is 6.61. The summed E-state index contributed by atoms with van der Waals surface area (Å²) in [6, 6.07) is 0. The van der Waals surface area contributed by atoms with Crippen LogP contribution in [0.2, 0.25) is 16.6 Å². The lowest BCUT2D eigenvalue weighted by Crippen LogP contribution is -2.43. The van der Waals surface area contributed by atoms with E-state index in [0.717, 1.165) is 0 Å². The van der Waals surface area contributed by atoms with Crippen LogP contribution in [0.1, 0.15) is 41.5 Å². The van der Waals surface area contributed by atoms with Crippen molar-refractivity contribution in [2.45, 2.75) is 58.2 Å². The molecule has 0 aliphatic heterocycles. The lowest BCUT2D eigenvalue weighted by molar-refractivity contribution is 0.838. The fourth-order valence-corrected chi connectivity index (χ4v) is 7.88. The van der Waals surface area contributed by atoms with Crippen LogP contribution in [0.3, 0.4) is 0 Å². The molecule has 84 valence electrons. The highest BCUT2D eigenvalue weighted by Crippen LogP contribution is 2.40. The average Bonchev–Trinajstić information content (AvgIpc) is 2.10. The van der Waals surface area contributed by atoms with Gasteiger partial charge in [0, 0.05) is 22.6 Å². The molecule has 0 spiro atoms. The molecular formula is C13H21ISi. The highest BCUT2D eigenvalue weighted by atomic mass is 127. The standard InChI is InChI=1S/C13H21ISi/c1-11(2)15(12(3)4,13(5)6)10-8-7-9-14/h11-13H,1-6H3. The molecule has 0 radical (unpaired) electrons. The highest BCUT2D eigenvalue weighted by molar-refractivity contribution is 14.1. The molecule has 0 aromatic rings. The second-order valence-corrected chi connectivity index (χ2v) is 11.0. The fraction of sp³-hybridized carbons (Fsp3) is 0.692. The third-order valence-corrected chi connectivity index (χ3v) is 9.81. The van der Waals surface area contributed by atoms with E-state index in [-0.39, 0.29) is 0 Å². The monoisotopic (exact) mass is 332 g/mol. The topological polar surface area (TPSA) is 0 Å². The summed E-state index contributed by atoms with van der Waals surface area (Å²) in [5, 5.41) is 0. The van der Waals surface area contributed by atoms with E-state index >= 15 is 0 Å². The Balaban J connectivity index is 5.33. The van der Waals surface area contributed by atoms with E-state index in [1.54, 1.807) is 0 Å². The Morgan fingerprint density at radius 1 is 0.800 bits per heavy atom. The van der Waals surface area contributed by atoms with E-state index in [9.17, 15) is 0 Å². The van der Waals surface area contributed by atoms with Crippen molar-refractivity contribution in [3.63, 3.8) is 0 Å². The van der Waals surface area contributed by atoms with Crippen LogP contribution in [0.4, 0.5) is 0 Å². The Labute approximate surface area is 110 Å². The van der Waals surface area contributed by atoms with Crippen LogP contribution in [0.5, 0.6) is 0 Å². The van der Waals surface area contributed by atoms with Crippen molar-refractivity contribution in [1.82, 2.24) is 0 Å². The SMILES string of the molecule is CC(C)[Si](C#CC#CI)(C(C)C)C(C)C. The van der Waals surface area contributed by atoms with Crippen LogP contribution in [0.15, 0.2) is 0 Å². The van der Waals surface area contributed by atoms with Gasteiger partial charge in [0.2, 0.25) is 0 Å². The summed E-state index contributed by atoms with van der Waals surface area (Å²) in [7, 11) is -1.53. The molecule has 0 atom stereocenters. The molecule has 0 unspecified atom stereocenters. The summed E-state index contributed by atoms with van der Waals surface area (Å²) in [6.07, 6.45) is 0. The predicted molar refractivity (Wildman–Crippen MR) is 80.6 cm³/mol. The number of hydrogen-bond donors (Lipinski definition) is 0. The number of hydrogen-bond acceptors (Lipinski definition) is 0. The van der Waals surface area contributed by atoms with E-state index in [2.05, 4.69) is 62.9 Å². The number of halogens is 1. The zero-order chi connectivity index (χ0) is 12.1. The van der Waals surface area contributed by atoms with Crippen LogP contribution in [0.25, 0.3) is 0 Å². The van der Waals surface area contributed by atoms with Crippen LogP contribution in [0, 0.1) is 21.3 Å². The lowest BCUT2D eigenvalue weighted by Gasteiger charge is -2.37. The Hall–Kier alpha value is 0.0669. The van der Waals surface area contributed by atoms with Gasteiger partial charge in [-0.05, 0) is 32.4 Å². The summed E-state index contributed by atoms with van der Waals surface area (Å²) in [6.45, 7) is 13.9. The van der Waals surface area contributed by atoms with E-state index in [1.165, 1.54) is 0 Å². The molecule has 0 aromatic carbocycles. The summed E-state index contributed by atoms with van der Waals surface area (Å²) in [4.78, 5) is 0. The minimum atomic E-state index is -1.53. The molecule has 0 heterocycles. The fourth-order valence-electron chi connectivity index (χ4n) is 2.60. The highest BCUT2D eigenvalue weighted by Gasteiger charge is 2.41. The molecule has 0 bridgehead atoms. The normalized spacial score (nSPS) is 11.1. The second-order valence-electron chi connectivity index (χ2n) is 4.87. The summed E-state index contributed by atoms with van der Waals surface area (Å²) in [5.41, 5.74) is 5.63. The van der Waals surface area contributed by atoms with Gasteiger partial charge >= 0.3 is 0 Å². The van der Waals surface area contributed by atoms with Crippen molar-refractivity contribution in [3.8, 4) is 21.3 Å². The predicted octanol–water partition coefficient (Wildman–Crippen LogP) is 4.60. The van der Waals surface area contributed by atoms with E-state index in [4.69, 9.17) is 0 Å². The molecule has 0 aliphatic carbocycles. The van der Waals surface area contributed by atoms with Crippen LogP contribution in [-0.2, 0) is 0 Å². The van der Waals surface area contributed by atoms with Gasteiger partial charge in [0.1, 0.15) is 8.07 Å². The minimum Gasteiger partial charge on any atom is -0.116 e. The van der Waals surface area contributed by atoms with Crippen molar-refractivity contribution < 1.29 is 0 Å². The van der Waals surface area contributed by atoms with Crippen molar-refractivity contribution in [2.75, 3.05) is 0 Å². The van der Waals surface area contributed by atoms with Crippen LogP contribution < -0.4 is 0 Å². The van der Waals surface area contributed by atoms with Crippen molar-refractivity contribution in [2.24, 2.45) is 0 Å². The minimum absolute atomic E-state index is 0.695. The largest absolute Gasteiger partial charge is 0.147 e. The summed E-state index contributed by atoms with van der Waals surface area (Å²) >= 11 is 2.04. The zero-order valence-electron chi connectivity index (χ0n) is 10.6. The van der Waals surface area contributed by atoms with E-state index in [0.29, 0.717) is 16.6 Å². The molecule has 15 heavy (non-hydrogen) atoms. The van der Waals surface area contributed by atoms with Gasteiger partial charge in [-0.2, -0.15) is 0 Å². The zero-order valence-corrected chi connectivity index (χ0v) is 13.8. The summed E-state index contributed by atoms with van der Waals surface area (Å²) < 4.78 is 2.83. The third-order valence-electron chi connectivity index (χ3n) is 3.25. The van der Waals surface area contributed by atoms with Gasteiger partial charge in [-0.3, -0.25) is 0 Å². The van der Waals surface area contributed by atoms with Crippen LogP contribution in [-0.4, -0.2) is 8.07 Å². The van der Waals surface area contributed by atoms with Gasteiger partial charge < -0.3 is 0 Å². The van der Waals surface area contributed by atoms with Crippen molar-refractivity contribution in [3.05, 3.63) is 0 Å². The molecule has 2 heteroatoms. The maximum absolute atomic E-state index is 3.54. The molecular weight excluding hydrogens is 311 g/mol. The Bertz CT molecular complexity index is 285. The summed E-state index contributed by atoms with van der Waals surface area (Å²) in [5.74, 6) is 5.94. The Morgan fingerprint density at radius 2 is 1.20 bits per heavy atom. The molecule has 0 saturated carbocycles. The quantitative estimate of drug-likeness (QED) is 0.402. The lowest BCUT2D eigenvalue weighted by atomic mass is 10.5. The smallest absolute Gasteiger partial charge is 0.116 e. The number of rotatable bonds is 3. The molecule has 0 aromatic heterocycles. The Kier molecular flexibility index (Phi) is 6.64. The van der Waals surface area contributed by atoms with Gasteiger partial charge in [0.25, 0.3) is 0 Å². The van der Waals surface area contributed by atoms with Gasteiger partial charge in [0.05, 0.1) is 0 Å². The van der Waals surface area contributed by atoms with Gasteiger partial charge in [-0.1, -0.05) is 41.5 Å². The molecule has 0 saturated heterocycles. The molecule has 0 rings (SSSR count). The first-order chi connectivity index (χ1) is 6.89. The first-order valence-corrected chi connectivity index (χ1v) is 8.83. The molecule has 0 aliphatic rings. The van der Waals surface area contributed by atoms with Crippen LogP contribution >= 0.6 is 22.6 Å². The van der Waals surface area contributed by atoms with Crippen molar-refractivity contribution >= 4 is 30.7 Å². The molecule has 0 amide bonds. The Morgan fingerprint density at radius 3 is 1.47 bits per heavy atom. The average molecular weight is 332 g/mol.